The largest absolute Gasteiger partial charge is 0.368 e. The van der Waals surface area contributed by atoms with E-state index in [1.807, 2.05) is 30.5 Å². The molecule has 0 radical (unpaired) electrons. The first-order valence-electron chi connectivity index (χ1n) is 5.67. The maximum Gasteiger partial charge on any atom is 0.223 e. The monoisotopic (exact) mass is 334 g/mol. The van der Waals surface area contributed by atoms with Crippen molar-refractivity contribution in [3.05, 3.63) is 39.7 Å². The number of benzene rings is 1. The molecule has 19 heavy (non-hydrogen) atoms. The number of nitrogens with zero attached hydrogens (tertiary/aromatic N) is 2. The SMILES string of the molecule is Cc1cc(Nc2nc(N)nc3sccc23)ccc1Br. The number of halogens is 1. The van der Waals surface area contributed by atoms with Crippen LogP contribution in [0.15, 0.2) is 34.1 Å². The van der Waals surface area contributed by atoms with Crippen molar-refractivity contribution in [2.45, 2.75) is 6.92 Å². The minimum Gasteiger partial charge on any atom is -0.368 e. The molecule has 2 heterocycles. The van der Waals surface area contributed by atoms with Crippen LogP contribution in [-0.4, -0.2) is 9.97 Å². The number of rotatable bonds is 2. The van der Waals surface area contributed by atoms with Crippen LogP contribution in [0.25, 0.3) is 10.2 Å². The lowest BCUT2D eigenvalue weighted by Crippen LogP contribution is -2.00. The molecule has 96 valence electrons. The molecule has 0 bridgehead atoms. The number of anilines is 3. The van der Waals surface area contributed by atoms with E-state index < -0.39 is 0 Å². The van der Waals surface area contributed by atoms with E-state index in [9.17, 15) is 0 Å². The number of nitrogen functional groups attached to an aromatic ring is 1. The van der Waals surface area contributed by atoms with Crippen LogP contribution >= 0.6 is 27.3 Å². The van der Waals surface area contributed by atoms with Gasteiger partial charge in [0.05, 0.1) is 5.39 Å². The Morgan fingerprint density at radius 1 is 1.26 bits per heavy atom. The van der Waals surface area contributed by atoms with Crippen LogP contribution in [-0.2, 0) is 0 Å². The fourth-order valence-corrected chi connectivity index (χ4v) is 2.84. The minimum absolute atomic E-state index is 0.284. The topological polar surface area (TPSA) is 63.8 Å². The van der Waals surface area contributed by atoms with Crippen molar-refractivity contribution in [1.29, 1.82) is 0 Å². The van der Waals surface area contributed by atoms with Crippen molar-refractivity contribution in [3.63, 3.8) is 0 Å². The van der Waals surface area contributed by atoms with Gasteiger partial charge in [0.25, 0.3) is 0 Å². The second-order valence-corrected chi connectivity index (χ2v) is 5.91. The van der Waals surface area contributed by atoms with Crippen LogP contribution in [0.3, 0.4) is 0 Å². The summed E-state index contributed by atoms with van der Waals surface area (Å²) in [7, 11) is 0. The highest BCUT2D eigenvalue weighted by molar-refractivity contribution is 9.10. The maximum absolute atomic E-state index is 5.73. The van der Waals surface area contributed by atoms with Crippen LogP contribution in [0, 0.1) is 6.92 Å². The Kier molecular flexibility index (Phi) is 3.12. The van der Waals surface area contributed by atoms with Gasteiger partial charge in [-0.05, 0) is 42.1 Å². The van der Waals surface area contributed by atoms with Gasteiger partial charge >= 0.3 is 0 Å². The third-order valence-corrected chi connectivity index (χ3v) is 4.46. The van der Waals surface area contributed by atoms with Crippen molar-refractivity contribution in [2.24, 2.45) is 0 Å². The van der Waals surface area contributed by atoms with Gasteiger partial charge in [0, 0.05) is 10.2 Å². The summed E-state index contributed by atoms with van der Waals surface area (Å²) in [5.74, 6) is 1.02. The second kappa shape index (κ2) is 4.79. The molecule has 2 aromatic heterocycles. The predicted molar refractivity (Wildman–Crippen MR) is 84.0 cm³/mol. The maximum atomic E-state index is 5.73. The molecule has 0 unspecified atom stereocenters. The Hall–Kier alpha value is -1.66. The lowest BCUT2D eigenvalue weighted by atomic mass is 10.2. The quantitative estimate of drug-likeness (QED) is 0.740. The summed E-state index contributed by atoms with van der Waals surface area (Å²) in [4.78, 5) is 9.37. The van der Waals surface area contributed by atoms with Gasteiger partial charge in [-0.15, -0.1) is 11.3 Å². The fraction of sp³-hybridized carbons (Fsp3) is 0.0769. The Labute approximate surface area is 122 Å². The van der Waals surface area contributed by atoms with Crippen molar-refractivity contribution in [3.8, 4) is 0 Å². The summed E-state index contributed by atoms with van der Waals surface area (Å²) in [5.41, 5.74) is 7.87. The molecule has 4 nitrogen and oxygen atoms in total. The first-order chi connectivity index (χ1) is 9.13. The molecule has 0 spiro atoms. The lowest BCUT2D eigenvalue weighted by Gasteiger charge is -2.09. The molecule has 6 heteroatoms. The summed E-state index contributed by atoms with van der Waals surface area (Å²) in [6.45, 7) is 2.05. The highest BCUT2D eigenvalue weighted by Crippen LogP contribution is 2.29. The number of hydrogen-bond donors (Lipinski definition) is 2. The Bertz CT molecular complexity index is 753. The summed E-state index contributed by atoms with van der Waals surface area (Å²) in [6.07, 6.45) is 0. The van der Waals surface area contributed by atoms with Crippen LogP contribution in [0.2, 0.25) is 0 Å². The highest BCUT2D eigenvalue weighted by atomic mass is 79.9. The molecule has 1 aromatic carbocycles. The third-order valence-electron chi connectivity index (χ3n) is 2.76. The lowest BCUT2D eigenvalue weighted by molar-refractivity contribution is 1.24. The number of fused-ring (bicyclic) bond motifs is 1. The zero-order valence-corrected chi connectivity index (χ0v) is 12.5. The van der Waals surface area contributed by atoms with E-state index in [0.29, 0.717) is 0 Å². The number of aromatic nitrogens is 2. The number of hydrogen-bond acceptors (Lipinski definition) is 5. The molecule has 3 rings (SSSR count). The minimum atomic E-state index is 0.284. The van der Waals surface area contributed by atoms with Crippen molar-refractivity contribution in [1.82, 2.24) is 9.97 Å². The Morgan fingerprint density at radius 2 is 2.11 bits per heavy atom. The van der Waals surface area contributed by atoms with Gasteiger partial charge in [0.1, 0.15) is 10.6 Å². The fourth-order valence-electron chi connectivity index (χ4n) is 1.83. The third kappa shape index (κ3) is 2.41. The second-order valence-electron chi connectivity index (χ2n) is 4.16. The van der Waals surface area contributed by atoms with Crippen molar-refractivity contribution in [2.75, 3.05) is 11.1 Å². The van der Waals surface area contributed by atoms with E-state index in [2.05, 4.69) is 37.3 Å². The van der Waals surface area contributed by atoms with E-state index in [0.717, 1.165) is 31.8 Å². The average molecular weight is 335 g/mol. The van der Waals surface area contributed by atoms with Crippen molar-refractivity contribution < 1.29 is 0 Å². The van der Waals surface area contributed by atoms with E-state index in [1.165, 1.54) is 0 Å². The molecule has 0 saturated heterocycles. The summed E-state index contributed by atoms with van der Waals surface area (Å²) < 4.78 is 1.08. The van der Waals surface area contributed by atoms with Gasteiger partial charge in [-0.2, -0.15) is 4.98 Å². The van der Waals surface area contributed by atoms with Gasteiger partial charge in [-0.1, -0.05) is 15.9 Å². The van der Waals surface area contributed by atoms with Crippen molar-refractivity contribution >= 4 is 54.9 Å². The standard InChI is InChI=1S/C13H11BrN4S/c1-7-6-8(2-3-10(7)14)16-11-9-4-5-19-12(9)18-13(15)17-11/h2-6H,1H3,(H3,15,16,17,18). The average Bonchev–Trinajstić information content (AvgIpc) is 2.82. The number of nitrogens with two attached hydrogens (primary N) is 1. The summed E-state index contributed by atoms with van der Waals surface area (Å²) in [6, 6.07) is 8.05. The number of nitrogens with one attached hydrogen (secondary N) is 1. The molecule has 0 aliphatic carbocycles. The van der Waals surface area contributed by atoms with Crippen LogP contribution in [0.5, 0.6) is 0 Å². The first-order valence-corrected chi connectivity index (χ1v) is 7.34. The van der Waals surface area contributed by atoms with Gasteiger partial charge in [0.2, 0.25) is 5.95 Å². The van der Waals surface area contributed by atoms with E-state index in [1.54, 1.807) is 11.3 Å². The first kappa shape index (κ1) is 12.4. The molecule has 3 aromatic rings. The smallest absolute Gasteiger partial charge is 0.223 e. The van der Waals surface area contributed by atoms with Gasteiger partial charge in [-0.3, -0.25) is 0 Å². The molecular weight excluding hydrogens is 324 g/mol. The molecule has 3 N–H and O–H groups in total. The summed E-state index contributed by atoms with van der Waals surface area (Å²) in [5, 5.41) is 6.27. The molecule has 0 fully saturated rings. The predicted octanol–water partition coefficient (Wildman–Crippen LogP) is 4.09. The van der Waals surface area contributed by atoms with Gasteiger partial charge in [0.15, 0.2) is 0 Å². The zero-order chi connectivity index (χ0) is 13.4. The molecular formula is C13H11BrN4S. The number of thiophene rings is 1. The van der Waals surface area contributed by atoms with Crippen LogP contribution in [0.1, 0.15) is 5.56 Å². The van der Waals surface area contributed by atoms with Gasteiger partial charge < -0.3 is 11.1 Å². The molecule has 0 saturated carbocycles. The number of aryl methyl sites for hydroxylation is 1. The molecule has 0 amide bonds. The summed E-state index contributed by atoms with van der Waals surface area (Å²) >= 11 is 5.04. The normalized spacial score (nSPS) is 10.8. The Morgan fingerprint density at radius 3 is 2.89 bits per heavy atom. The zero-order valence-electron chi connectivity index (χ0n) is 10.1. The van der Waals surface area contributed by atoms with E-state index in [-0.39, 0.29) is 5.95 Å². The van der Waals surface area contributed by atoms with Gasteiger partial charge in [-0.25, -0.2) is 4.98 Å². The molecule has 0 atom stereocenters. The van der Waals surface area contributed by atoms with E-state index in [4.69, 9.17) is 5.73 Å². The van der Waals surface area contributed by atoms with Crippen LogP contribution < -0.4 is 11.1 Å². The molecule has 0 aliphatic rings. The molecule has 0 aliphatic heterocycles. The Balaban J connectivity index is 2.04. The highest BCUT2D eigenvalue weighted by Gasteiger charge is 2.08. The van der Waals surface area contributed by atoms with E-state index >= 15 is 0 Å². The van der Waals surface area contributed by atoms with Crippen LogP contribution in [0.4, 0.5) is 17.5 Å².